The van der Waals surface area contributed by atoms with Gasteiger partial charge in [-0.25, -0.2) is 4.79 Å². The van der Waals surface area contributed by atoms with Crippen LogP contribution in [0.4, 0.5) is 0 Å². The number of ether oxygens (including phenoxy) is 3. The molecular formula is C23H27NO6. The molecule has 0 amide bonds. The third-order valence-electron chi connectivity index (χ3n) is 4.72. The smallest absolute Gasteiger partial charge is 0.336 e. The number of ketones is 1. The number of allylic oxidation sites excluding steroid dienone is 2. The monoisotopic (exact) mass is 413 g/mol. The molecule has 3 rings (SSSR count). The first-order valence-corrected chi connectivity index (χ1v) is 10.2. The predicted molar refractivity (Wildman–Crippen MR) is 111 cm³/mol. The number of aliphatic hydroxyl groups is 1. The minimum Gasteiger partial charge on any atom is -0.509 e. The fourth-order valence-corrected chi connectivity index (χ4v) is 3.09. The number of benzene rings is 1. The van der Waals surface area contributed by atoms with Gasteiger partial charge in [-0.15, -0.1) is 0 Å². The van der Waals surface area contributed by atoms with E-state index in [2.05, 4.69) is 5.32 Å². The van der Waals surface area contributed by atoms with Crippen molar-refractivity contribution in [1.29, 1.82) is 0 Å². The average molecular weight is 413 g/mol. The summed E-state index contributed by atoms with van der Waals surface area (Å²) in [6, 6.07) is 5.89. The Hall–Kier alpha value is -3.22. The Morgan fingerprint density at radius 3 is 2.53 bits per heavy atom. The molecule has 2 aliphatic rings. The number of esters is 1. The molecule has 2 unspecified atom stereocenters. The Bertz CT molecular complexity index is 868. The first kappa shape index (κ1) is 21.5. The summed E-state index contributed by atoms with van der Waals surface area (Å²) in [5, 5.41) is 13.4. The quantitative estimate of drug-likeness (QED) is 0.473. The number of carbonyl (C=O) groups excluding carboxylic acids is 2. The molecule has 7 nitrogen and oxygen atoms in total. The number of hydrogen-bond acceptors (Lipinski definition) is 7. The Kier molecular flexibility index (Phi) is 7.17. The standard InChI is InChI=1S/C23H27NO6/c1-3-5-13-29-23(27)20-22(26)19-15(14-24-20)6-11-18(21(19)25)30-17-9-7-16(8-10-17)28-12-4-2/h6-11,14,18,20,24,26H,3-5,12-13H2,1-2H3. The van der Waals surface area contributed by atoms with Gasteiger partial charge in [-0.2, -0.15) is 0 Å². The van der Waals surface area contributed by atoms with Gasteiger partial charge in [0.05, 0.1) is 18.8 Å². The molecule has 1 heterocycles. The summed E-state index contributed by atoms with van der Waals surface area (Å²) in [5.74, 6) is -0.159. The van der Waals surface area contributed by atoms with Gasteiger partial charge in [-0.3, -0.25) is 4.79 Å². The predicted octanol–water partition coefficient (Wildman–Crippen LogP) is 3.37. The van der Waals surface area contributed by atoms with Gasteiger partial charge in [0.1, 0.15) is 17.3 Å². The highest BCUT2D eigenvalue weighted by Gasteiger charge is 2.37. The highest BCUT2D eigenvalue weighted by Crippen LogP contribution is 2.30. The molecule has 0 bridgehead atoms. The van der Waals surface area contributed by atoms with Crippen molar-refractivity contribution < 1.29 is 28.9 Å². The summed E-state index contributed by atoms with van der Waals surface area (Å²) in [5.41, 5.74) is 0.569. The van der Waals surface area contributed by atoms with Gasteiger partial charge in [0.2, 0.25) is 5.78 Å². The number of Topliss-reactive ketones (excluding diaryl/α,β-unsaturated/α-hetero) is 1. The van der Waals surface area contributed by atoms with Gasteiger partial charge in [0, 0.05) is 11.8 Å². The molecule has 7 heteroatoms. The van der Waals surface area contributed by atoms with E-state index < -0.39 is 23.9 Å². The van der Waals surface area contributed by atoms with Gasteiger partial charge < -0.3 is 24.6 Å². The van der Waals surface area contributed by atoms with Gasteiger partial charge in [-0.05, 0) is 43.2 Å². The van der Waals surface area contributed by atoms with Crippen LogP contribution in [-0.2, 0) is 14.3 Å². The topological polar surface area (TPSA) is 94.1 Å². The van der Waals surface area contributed by atoms with Crippen LogP contribution in [0, 0.1) is 0 Å². The largest absolute Gasteiger partial charge is 0.509 e. The van der Waals surface area contributed by atoms with E-state index >= 15 is 0 Å². The van der Waals surface area contributed by atoms with Crippen LogP contribution in [0.2, 0.25) is 0 Å². The number of nitrogens with one attached hydrogen (secondary N) is 1. The van der Waals surface area contributed by atoms with Crippen LogP contribution in [0.5, 0.6) is 11.5 Å². The van der Waals surface area contributed by atoms with Crippen LogP contribution < -0.4 is 14.8 Å². The fraction of sp³-hybridized carbons (Fsp3) is 0.391. The molecule has 0 radical (unpaired) electrons. The summed E-state index contributed by atoms with van der Waals surface area (Å²) < 4.78 is 16.5. The van der Waals surface area contributed by atoms with Gasteiger partial charge in [-0.1, -0.05) is 26.3 Å². The molecule has 1 aliphatic carbocycles. The van der Waals surface area contributed by atoms with Gasteiger partial charge >= 0.3 is 5.97 Å². The maximum absolute atomic E-state index is 13.0. The number of hydrogen-bond donors (Lipinski definition) is 2. The van der Waals surface area contributed by atoms with E-state index in [0.29, 0.717) is 17.9 Å². The zero-order chi connectivity index (χ0) is 21.5. The molecular weight excluding hydrogens is 386 g/mol. The van der Waals surface area contributed by atoms with Crippen LogP contribution in [0.1, 0.15) is 33.1 Å². The third-order valence-corrected chi connectivity index (χ3v) is 4.72. The van der Waals surface area contributed by atoms with E-state index in [-0.39, 0.29) is 17.9 Å². The number of unbranched alkanes of at least 4 members (excludes halogenated alkanes) is 1. The number of rotatable bonds is 9. The maximum atomic E-state index is 13.0. The van der Waals surface area contributed by atoms with Crippen molar-refractivity contribution in [2.45, 2.75) is 45.3 Å². The lowest BCUT2D eigenvalue weighted by Gasteiger charge is -2.28. The highest BCUT2D eigenvalue weighted by molar-refractivity contribution is 6.07. The molecule has 2 N–H and O–H groups in total. The summed E-state index contributed by atoms with van der Waals surface area (Å²) in [6.07, 6.45) is 6.46. The van der Waals surface area contributed by atoms with E-state index in [1.165, 1.54) is 6.20 Å². The van der Waals surface area contributed by atoms with Gasteiger partial charge in [0.15, 0.2) is 12.1 Å². The van der Waals surface area contributed by atoms with Gasteiger partial charge in [0.25, 0.3) is 0 Å². The summed E-state index contributed by atoms with van der Waals surface area (Å²) in [4.78, 5) is 25.2. The van der Waals surface area contributed by atoms with Crippen molar-refractivity contribution in [1.82, 2.24) is 5.32 Å². The van der Waals surface area contributed by atoms with E-state index in [1.54, 1.807) is 36.4 Å². The lowest BCUT2D eigenvalue weighted by Crippen LogP contribution is -2.43. The van der Waals surface area contributed by atoms with Crippen LogP contribution in [0.3, 0.4) is 0 Å². The normalized spacial score (nSPS) is 20.2. The number of aliphatic hydroxyl groups excluding tert-OH is 1. The van der Waals surface area contributed by atoms with E-state index in [1.807, 2.05) is 13.8 Å². The highest BCUT2D eigenvalue weighted by atomic mass is 16.5. The molecule has 0 aromatic heterocycles. The average Bonchev–Trinajstić information content (AvgIpc) is 2.75. The van der Waals surface area contributed by atoms with Crippen molar-refractivity contribution in [2.24, 2.45) is 0 Å². The van der Waals surface area contributed by atoms with Crippen LogP contribution in [-0.4, -0.2) is 42.2 Å². The molecule has 2 atom stereocenters. The second-order valence-corrected chi connectivity index (χ2v) is 7.06. The van der Waals surface area contributed by atoms with E-state index in [0.717, 1.165) is 25.0 Å². The second-order valence-electron chi connectivity index (χ2n) is 7.06. The second kappa shape index (κ2) is 10.0. The number of fused-ring (bicyclic) bond motifs is 1. The van der Waals surface area contributed by atoms with Crippen molar-refractivity contribution in [3.05, 3.63) is 59.5 Å². The van der Waals surface area contributed by atoms with E-state index in [9.17, 15) is 14.7 Å². The molecule has 0 saturated heterocycles. The van der Waals surface area contributed by atoms with Crippen molar-refractivity contribution in [3.8, 4) is 11.5 Å². The summed E-state index contributed by atoms with van der Waals surface area (Å²) >= 11 is 0. The van der Waals surface area contributed by atoms with Crippen LogP contribution in [0.15, 0.2) is 59.5 Å². The zero-order valence-corrected chi connectivity index (χ0v) is 17.2. The van der Waals surface area contributed by atoms with Crippen molar-refractivity contribution in [2.75, 3.05) is 13.2 Å². The molecule has 1 aliphatic heterocycles. The lowest BCUT2D eigenvalue weighted by molar-refractivity contribution is -0.145. The lowest BCUT2D eigenvalue weighted by atomic mass is 9.88. The molecule has 1 aromatic carbocycles. The summed E-state index contributed by atoms with van der Waals surface area (Å²) in [6.45, 7) is 4.91. The molecule has 160 valence electrons. The summed E-state index contributed by atoms with van der Waals surface area (Å²) in [7, 11) is 0. The Morgan fingerprint density at radius 1 is 1.10 bits per heavy atom. The van der Waals surface area contributed by atoms with Crippen LogP contribution in [0.25, 0.3) is 0 Å². The number of dihydropyridines is 1. The first-order chi connectivity index (χ1) is 14.5. The third kappa shape index (κ3) is 4.84. The molecule has 1 aromatic rings. The maximum Gasteiger partial charge on any atom is 0.336 e. The molecule has 0 saturated carbocycles. The van der Waals surface area contributed by atoms with Crippen LogP contribution >= 0.6 is 0 Å². The fourth-order valence-electron chi connectivity index (χ4n) is 3.09. The minimum atomic E-state index is -1.10. The molecule has 30 heavy (non-hydrogen) atoms. The van der Waals surface area contributed by atoms with Crippen molar-refractivity contribution >= 4 is 11.8 Å². The molecule has 0 fully saturated rings. The zero-order valence-electron chi connectivity index (χ0n) is 17.2. The SMILES string of the molecule is CCCCOC(=O)C1NC=C2C=CC(Oc3ccc(OCCC)cc3)C(=O)C2=C1O. The molecule has 0 spiro atoms. The Labute approximate surface area is 176 Å². The van der Waals surface area contributed by atoms with E-state index in [4.69, 9.17) is 14.2 Å². The Morgan fingerprint density at radius 2 is 1.83 bits per heavy atom. The first-order valence-electron chi connectivity index (χ1n) is 10.2. The minimum absolute atomic E-state index is 0.0709. The number of carbonyl (C=O) groups is 2. The van der Waals surface area contributed by atoms with Crippen molar-refractivity contribution in [3.63, 3.8) is 0 Å². The Balaban J connectivity index is 1.72.